The van der Waals surface area contributed by atoms with Gasteiger partial charge in [-0.05, 0) is 6.07 Å². The minimum absolute atomic E-state index is 0.223. The van der Waals surface area contributed by atoms with E-state index in [9.17, 15) is 8.78 Å². The van der Waals surface area contributed by atoms with Gasteiger partial charge < -0.3 is 0 Å². The molecular formula is C11H11F2N3S. The Morgan fingerprint density at radius 3 is 2.88 bits per heavy atom. The van der Waals surface area contributed by atoms with Gasteiger partial charge in [-0.25, -0.2) is 8.78 Å². The molecular weight excluding hydrogens is 244 g/mol. The van der Waals surface area contributed by atoms with E-state index in [2.05, 4.69) is 10.4 Å². The summed E-state index contributed by atoms with van der Waals surface area (Å²) in [7, 11) is 0. The minimum atomic E-state index is -0.868. The minimum Gasteiger partial charge on any atom is -0.271 e. The zero-order valence-corrected chi connectivity index (χ0v) is 9.68. The van der Waals surface area contributed by atoms with Crippen LogP contribution in [-0.2, 0) is 6.42 Å². The summed E-state index contributed by atoms with van der Waals surface area (Å²) < 4.78 is 26.7. The molecule has 1 heterocycles. The van der Waals surface area contributed by atoms with Gasteiger partial charge in [0, 0.05) is 23.1 Å². The lowest BCUT2D eigenvalue weighted by molar-refractivity contribution is 0.465. The van der Waals surface area contributed by atoms with E-state index in [1.54, 1.807) is 11.7 Å². The first-order valence-corrected chi connectivity index (χ1v) is 5.87. The lowest BCUT2D eigenvalue weighted by Crippen LogP contribution is -2.30. The maximum absolute atomic E-state index is 13.6. The second-order valence-corrected chi connectivity index (χ2v) is 4.51. The van der Waals surface area contributed by atoms with Crippen LogP contribution in [0.2, 0.25) is 0 Å². The van der Waals surface area contributed by atoms with Crippen LogP contribution in [0.1, 0.15) is 16.5 Å². The van der Waals surface area contributed by atoms with Crippen molar-refractivity contribution in [3.63, 3.8) is 0 Å². The Morgan fingerprint density at radius 2 is 2.24 bits per heavy atom. The molecule has 2 aromatic rings. The maximum Gasteiger partial charge on any atom is 0.163 e. The highest BCUT2D eigenvalue weighted by Crippen LogP contribution is 2.23. The van der Waals surface area contributed by atoms with Gasteiger partial charge in [0.2, 0.25) is 0 Å². The van der Waals surface area contributed by atoms with Crippen molar-refractivity contribution in [2.75, 3.05) is 0 Å². The largest absolute Gasteiger partial charge is 0.271 e. The summed E-state index contributed by atoms with van der Waals surface area (Å²) in [4.78, 5) is 4.88. The molecule has 0 radical (unpaired) electrons. The van der Waals surface area contributed by atoms with E-state index in [0.29, 0.717) is 6.42 Å². The number of hydrogen-bond acceptors (Lipinski definition) is 4. The Hall–Kier alpha value is -1.37. The molecule has 3 nitrogen and oxygen atoms in total. The SMILES string of the molecule is NNC(Cc1cncs1)c1cccc(F)c1F. The predicted molar refractivity (Wildman–Crippen MR) is 62.2 cm³/mol. The van der Waals surface area contributed by atoms with Gasteiger partial charge in [0.05, 0.1) is 11.6 Å². The van der Waals surface area contributed by atoms with Gasteiger partial charge in [0.15, 0.2) is 11.6 Å². The molecule has 17 heavy (non-hydrogen) atoms. The lowest BCUT2D eigenvalue weighted by Gasteiger charge is -2.16. The van der Waals surface area contributed by atoms with Crippen LogP contribution in [0.15, 0.2) is 29.9 Å². The summed E-state index contributed by atoms with van der Waals surface area (Å²) in [6.45, 7) is 0. The highest BCUT2D eigenvalue weighted by molar-refractivity contribution is 7.09. The Bertz CT molecular complexity index is 487. The quantitative estimate of drug-likeness (QED) is 0.650. The Morgan fingerprint density at radius 1 is 1.41 bits per heavy atom. The first kappa shape index (κ1) is 12.1. The topological polar surface area (TPSA) is 50.9 Å². The van der Waals surface area contributed by atoms with Crippen LogP contribution in [0.3, 0.4) is 0 Å². The van der Waals surface area contributed by atoms with E-state index in [-0.39, 0.29) is 5.56 Å². The van der Waals surface area contributed by atoms with Crippen molar-refractivity contribution in [3.8, 4) is 0 Å². The number of benzene rings is 1. The number of hydrogen-bond donors (Lipinski definition) is 2. The van der Waals surface area contributed by atoms with Crippen LogP contribution in [0.5, 0.6) is 0 Å². The molecule has 0 saturated carbocycles. The van der Waals surface area contributed by atoms with E-state index >= 15 is 0 Å². The van der Waals surface area contributed by atoms with Crippen molar-refractivity contribution in [2.45, 2.75) is 12.5 Å². The standard InChI is InChI=1S/C11H11F2N3S/c12-9-3-1-2-8(11(9)13)10(16-14)4-7-5-15-6-17-7/h1-3,5-6,10,16H,4,14H2. The van der Waals surface area contributed by atoms with Crippen LogP contribution in [0.4, 0.5) is 8.78 Å². The van der Waals surface area contributed by atoms with Crippen molar-refractivity contribution in [3.05, 3.63) is 52.0 Å². The summed E-state index contributed by atoms with van der Waals surface area (Å²) in [6.07, 6.45) is 2.16. The normalized spacial score (nSPS) is 12.6. The number of aromatic nitrogens is 1. The lowest BCUT2D eigenvalue weighted by atomic mass is 10.0. The van der Waals surface area contributed by atoms with Crippen molar-refractivity contribution in [2.24, 2.45) is 5.84 Å². The fourth-order valence-electron chi connectivity index (χ4n) is 1.59. The predicted octanol–water partition coefficient (Wildman–Crippen LogP) is 2.17. The number of hydrazine groups is 1. The molecule has 90 valence electrons. The van der Waals surface area contributed by atoms with E-state index in [1.807, 2.05) is 0 Å². The van der Waals surface area contributed by atoms with Gasteiger partial charge in [-0.2, -0.15) is 0 Å². The van der Waals surface area contributed by atoms with E-state index in [4.69, 9.17) is 5.84 Å². The van der Waals surface area contributed by atoms with Crippen molar-refractivity contribution in [1.29, 1.82) is 0 Å². The first-order chi connectivity index (χ1) is 8.22. The van der Waals surface area contributed by atoms with Gasteiger partial charge in [-0.15, -0.1) is 11.3 Å². The highest BCUT2D eigenvalue weighted by atomic mass is 32.1. The molecule has 1 aromatic carbocycles. The Kier molecular flexibility index (Phi) is 3.78. The van der Waals surface area contributed by atoms with Crippen molar-refractivity contribution >= 4 is 11.3 Å². The average Bonchev–Trinajstić information content (AvgIpc) is 2.83. The summed E-state index contributed by atoms with van der Waals surface area (Å²) in [5.41, 5.74) is 4.41. The third kappa shape index (κ3) is 2.66. The molecule has 1 aromatic heterocycles. The van der Waals surface area contributed by atoms with Gasteiger partial charge >= 0.3 is 0 Å². The zero-order valence-electron chi connectivity index (χ0n) is 8.86. The van der Waals surface area contributed by atoms with Crippen LogP contribution in [-0.4, -0.2) is 4.98 Å². The highest BCUT2D eigenvalue weighted by Gasteiger charge is 2.17. The van der Waals surface area contributed by atoms with Crippen molar-refractivity contribution < 1.29 is 8.78 Å². The second kappa shape index (κ2) is 5.31. The van der Waals surface area contributed by atoms with Crippen LogP contribution in [0, 0.1) is 11.6 Å². The Labute approximate surface area is 101 Å². The van der Waals surface area contributed by atoms with Crippen molar-refractivity contribution in [1.82, 2.24) is 10.4 Å². The van der Waals surface area contributed by atoms with E-state index < -0.39 is 17.7 Å². The van der Waals surface area contributed by atoms with Gasteiger partial charge in [0.25, 0.3) is 0 Å². The Balaban J connectivity index is 2.26. The van der Waals surface area contributed by atoms with E-state index in [0.717, 1.165) is 10.9 Å². The van der Waals surface area contributed by atoms with E-state index in [1.165, 1.54) is 23.5 Å². The molecule has 1 unspecified atom stereocenters. The molecule has 0 spiro atoms. The number of nitrogens with two attached hydrogens (primary N) is 1. The van der Waals surface area contributed by atoms with Crippen LogP contribution >= 0.6 is 11.3 Å². The number of nitrogens with one attached hydrogen (secondary N) is 1. The molecule has 1 atom stereocenters. The van der Waals surface area contributed by atoms with Crippen LogP contribution in [0.25, 0.3) is 0 Å². The summed E-state index contributed by atoms with van der Waals surface area (Å²) in [5.74, 6) is 3.66. The number of halogens is 2. The zero-order chi connectivity index (χ0) is 12.3. The van der Waals surface area contributed by atoms with Crippen LogP contribution < -0.4 is 11.3 Å². The molecule has 0 fully saturated rings. The molecule has 3 N–H and O–H groups in total. The summed E-state index contributed by atoms with van der Waals surface area (Å²) in [6, 6.07) is 3.60. The fraction of sp³-hybridized carbons (Fsp3) is 0.182. The molecule has 0 aliphatic heterocycles. The number of rotatable bonds is 4. The smallest absolute Gasteiger partial charge is 0.163 e. The number of thiazole rings is 1. The third-order valence-electron chi connectivity index (χ3n) is 2.45. The first-order valence-electron chi connectivity index (χ1n) is 4.99. The third-order valence-corrected chi connectivity index (χ3v) is 3.25. The monoisotopic (exact) mass is 255 g/mol. The molecule has 0 amide bonds. The second-order valence-electron chi connectivity index (χ2n) is 3.53. The summed E-state index contributed by atoms with van der Waals surface area (Å²) >= 11 is 1.45. The molecule has 6 heteroatoms. The molecule has 0 saturated heterocycles. The molecule has 0 aliphatic carbocycles. The molecule has 0 aliphatic rings. The maximum atomic E-state index is 13.6. The van der Waals surface area contributed by atoms with Gasteiger partial charge in [0.1, 0.15) is 0 Å². The molecule has 0 bridgehead atoms. The average molecular weight is 255 g/mol. The van der Waals surface area contributed by atoms with Gasteiger partial charge in [-0.1, -0.05) is 12.1 Å². The fourth-order valence-corrected chi connectivity index (χ4v) is 2.23. The number of nitrogens with zero attached hydrogens (tertiary/aromatic N) is 1. The molecule has 2 rings (SSSR count). The summed E-state index contributed by atoms with van der Waals surface area (Å²) in [5, 5.41) is 0. The van der Waals surface area contributed by atoms with Gasteiger partial charge in [-0.3, -0.25) is 16.3 Å².